The molecule has 2 aromatic rings. The van der Waals surface area contributed by atoms with Crippen molar-refractivity contribution in [2.24, 2.45) is 4.99 Å². The van der Waals surface area contributed by atoms with Crippen molar-refractivity contribution in [2.75, 3.05) is 40.8 Å². The van der Waals surface area contributed by atoms with Gasteiger partial charge in [-0.25, -0.2) is 4.99 Å². The number of likely N-dealkylation sites (tertiary alicyclic amines) is 1. The van der Waals surface area contributed by atoms with E-state index in [-0.39, 0.29) is 36.4 Å². The molecule has 7 heteroatoms. The summed E-state index contributed by atoms with van der Waals surface area (Å²) < 4.78 is 5.22. The fraction of sp³-hybridized carbons (Fsp3) is 0.391. The predicted octanol–water partition coefficient (Wildman–Crippen LogP) is 3.34. The Balaban J connectivity index is 0.00000320. The smallest absolute Gasteiger partial charge is 0.241 e. The van der Waals surface area contributed by atoms with Crippen LogP contribution in [0.5, 0.6) is 5.75 Å². The number of halogens is 1. The minimum absolute atomic E-state index is 0. The van der Waals surface area contributed by atoms with Gasteiger partial charge >= 0.3 is 0 Å². The number of hydrogen-bond donors (Lipinski definition) is 1. The third-order valence-corrected chi connectivity index (χ3v) is 5.23. The van der Waals surface area contributed by atoms with Crippen LogP contribution in [0.3, 0.4) is 0 Å². The third kappa shape index (κ3) is 6.62. The number of likely N-dealkylation sites (N-methyl/N-ethyl adjacent to an activating group) is 1. The van der Waals surface area contributed by atoms with Gasteiger partial charge in [-0.3, -0.25) is 4.79 Å². The van der Waals surface area contributed by atoms with E-state index >= 15 is 0 Å². The minimum Gasteiger partial charge on any atom is -0.497 e. The fourth-order valence-electron chi connectivity index (χ4n) is 3.43. The number of guanidine groups is 1. The Kier molecular flexibility index (Phi) is 9.42. The van der Waals surface area contributed by atoms with Gasteiger partial charge in [-0.05, 0) is 29.7 Å². The highest BCUT2D eigenvalue weighted by atomic mass is 127. The first kappa shape index (κ1) is 24.0. The lowest BCUT2D eigenvalue weighted by Crippen LogP contribution is -2.44. The van der Waals surface area contributed by atoms with Crippen LogP contribution in [0.25, 0.3) is 0 Å². The number of aliphatic imine (C=N–C) groups is 1. The number of ether oxygens (including phenoxy) is 1. The van der Waals surface area contributed by atoms with E-state index < -0.39 is 0 Å². The highest BCUT2D eigenvalue weighted by molar-refractivity contribution is 14.0. The Morgan fingerprint density at radius 2 is 1.87 bits per heavy atom. The Hall–Kier alpha value is -2.29. The van der Waals surface area contributed by atoms with Crippen molar-refractivity contribution in [3.8, 4) is 5.75 Å². The van der Waals surface area contributed by atoms with Gasteiger partial charge in [-0.15, -0.1) is 24.0 Å². The number of nitrogens with zero attached hydrogens (tertiary/aromatic N) is 3. The van der Waals surface area contributed by atoms with Gasteiger partial charge in [-0.1, -0.05) is 42.5 Å². The number of nitrogens with one attached hydrogen (secondary N) is 1. The first-order valence-corrected chi connectivity index (χ1v) is 9.98. The molecule has 162 valence electrons. The van der Waals surface area contributed by atoms with Crippen molar-refractivity contribution < 1.29 is 9.53 Å². The average molecular weight is 522 g/mol. The molecule has 3 rings (SSSR count). The van der Waals surface area contributed by atoms with Crippen LogP contribution in [0, 0.1) is 0 Å². The van der Waals surface area contributed by atoms with Gasteiger partial charge in [0.1, 0.15) is 5.75 Å². The van der Waals surface area contributed by atoms with Crippen LogP contribution in [-0.2, 0) is 11.3 Å². The Morgan fingerprint density at radius 1 is 1.17 bits per heavy atom. The lowest BCUT2D eigenvalue weighted by Gasteiger charge is -2.23. The maximum absolute atomic E-state index is 12.1. The number of amides is 1. The Morgan fingerprint density at radius 3 is 2.50 bits per heavy atom. The number of hydrogen-bond acceptors (Lipinski definition) is 3. The van der Waals surface area contributed by atoms with E-state index in [0.717, 1.165) is 36.8 Å². The molecule has 0 bridgehead atoms. The molecule has 0 radical (unpaired) electrons. The van der Waals surface area contributed by atoms with Crippen LogP contribution in [0.2, 0.25) is 0 Å². The van der Waals surface area contributed by atoms with Gasteiger partial charge in [-0.2, -0.15) is 0 Å². The second-order valence-corrected chi connectivity index (χ2v) is 7.47. The van der Waals surface area contributed by atoms with Crippen molar-refractivity contribution in [2.45, 2.75) is 18.9 Å². The topological polar surface area (TPSA) is 57.2 Å². The van der Waals surface area contributed by atoms with Crippen LogP contribution in [0.15, 0.2) is 59.6 Å². The van der Waals surface area contributed by atoms with Crippen molar-refractivity contribution in [3.05, 3.63) is 65.7 Å². The molecular formula is C23H31IN4O2. The molecule has 1 saturated heterocycles. The number of rotatable bonds is 6. The molecular weight excluding hydrogens is 491 g/mol. The first-order valence-electron chi connectivity index (χ1n) is 9.98. The number of carbonyl (C=O) groups is 1. The predicted molar refractivity (Wildman–Crippen MR) is 132 cm³/mol. The van der Waals surface area contributed by atoms with E-state index in [9.17, 15) is 4.79 Å². The second kappa shape index (κ2) is 11.8. The molecule has 1 heterocycles. The molecule has 1 fully saturated rings. The average Bonchev–Trinajstić information content (AvgIpc) is 3.24. The highest BCUT2D eigenvalue weighted by Crippen LogP contribution is 2.27. The van der Waals surface area contributed by atoms with Gasteiger partial charge in [0.2, 0.25) is 5.91 Å². The van der Waals surface area contributed by atoms with E-state index in [2.05, 4.69) is 34.5 Å². The van der Waals surface area contributed by atoms with Gasteiger partial charge in [0.05, 0.1) is 20.2 Å². The minimum atomic E-state index is 0. The SMILES string of the molecule is COc1ccc(CN=C(NCC(=O)N(C)C)N2CCC(c3ccccc3)C2)cc1.I. The Labute approximate surface area is 196 Å². The summed E-state index contributed by atoms with van der Waals surface area (Å²) in [6.45, 7) is 2.61. The maximum atomic E-state index is 12.1. The lowest BCUT2D eigenvalue weighted by molar-refractivity contribution is -0.127. The van der Waals surface area contributed by atoms with Crippen LogP contribution in [0.4, 0.5) is 0 Å². The summed E-state index contributed by atoms with van der Waals surface area (Å²) in [5, 5.41) is 3.27. The van der Waals surface area contributed by atoms with E-state index in [0.29, 0.717) is 12.5 Å². The first-order chi connectivity index (χ1) is 14.1. The lowest BCUT2D eigenvalue weighted by atomic mass is 9.99. The van der Waals surface area contributed by atoms with E-state index in [1.165, 1.54) is 5.56 Å². The molecule has 0 aromatic heterocycles. The maximum Gasteiger partial charge on any atom is 0.241 e. The normalized spacial score (nSPS) is 16.0. The zero-order valence-electron chi connectivity index (χ0n) is 17.9. The van der Waals surface area contributed by atoms with Gasteiger partial charge < -0.3 is 19.9 Å². The largest absolute Gasteiger partial charge is 0.497 e. The molecule has 2 aromatic carbocycles. The summed E-state index contributed by atoms with van der Waals surface area (Å²) in [4.78, 5) is 20.7. The van der Waals surface area contributed by atoms with Crippen LogP contribution in [0.1, 0.15) is 23.5 Å². The molecule has 1 N–H and O–H groups in total. The molecule has 30 heavy (non-hydrogen) atoms. The zero-order chi connectivity index (χ0) is 20.6. The van der Waals surface area contributed by atoms with Crippen molar-refractivity contribution in [1.82, 2.24) is 15.1 Å². The zero-order valence-corrected chi connectivity index (χ0v) is 20.2. The third-order valence-electron chi connectivity index (χ3n) is 5.23. The van der Waals surface area contributed by atoms with Gasteiger partial charge in [0.25, 0.3) is 0 Å². The van der Waals surface area contributed by atoms with Crippen molar-refractivity contribution >= 4 is 35.8 Å². The molecule has 1 aliphatic rings. The van der Waals surface area contributed by atoms with Gasteiger partial charge in [0, 0.05) is 33.1 Å². The van der Waals surface area contributed by atoms with Crippen LogP contribution in [-0.4, -0.2) is 62.5 Å². The number of carbonyl (C=O) groups excluding carboxylic acids is 1. The summed E-state index contributed by atoms with van der Waals surface area (Å²) in [6.07, 6.45) is 1.08. The van der Waals surface area contributed by atoms with E-state index in [1.807, 2.05) is 30.3 Å². The quantitative estimate of drug-likeness (QED) is 0.360. The summed E-state index contributed by atoms with van der Waals surface area (Å²) in [6, 6.07) is 18.5. The summed E-state index contributed by atoms with van der Waals surface area (Å²) in [5.74, 6) is 2.13. The monoisotopic (exact) mass is 522 g/mol. The number of benzene rings is 2. The molecule has 1 unspecified atom stereocenters. The van der Waals surface area contributed by atoms with Crippen LogP contribution < -0.4 is 10.1 Å². The highest BCUT2D eigenvalue weighted by Gasteiger charge is 2.26. The molecule has 1 aliphatic heterocycles. The summed E-state index contributed by atoms with van der Waals surface area (Å²) in [7, 11) is 5.19. The standard InChI is InChI=1S/C23H30N4O2.HI/c1-26(2)22(28)16-25-23(24-15-18-9-11-21(29-3)12-10-18)27-14-13-20(17-27)19-7-5-4-6-8-19;/h4-12,20H,13-17H2,1-3H3,(H,24,25);1H. The fourth-order valence-corrected chi connectivity index (χ4v) is 3.43. The van der Waals surface area contributed by atoms with E-state index in [4.69, 9.17) is 9.73 Å². The molecule has 6 nitrogen and oxygen atoms in total. The number of methoxy groups -OCH3 is 1. The molecule has 1 amide bonds. The summed E-state index contributed by atoms with van der Waals surface area (Å²) in [5.41, 5.74) is 2.46. The van der Waals surface area contributed by atoms with Crippen molar-refractivity contribution in [1.29, 1.82) is 0 Å². The van der Waals surface area contributed by atoms with Crippen molar-refractivity contribution in [3.63, 3.8) is 0 Å². The van der Waals surface area contributed by atoms with Crippen LogP contribution >= 0.6 is 24.0 Å². The van der Waals surface area contributed by atoms with E-state index in [1.54, 1.807) is 26.1 Å². The molecule has 1 atom stereocenters. The molecule has 0 spiro atoms. The second-order valence-electron chi connectivity index (χ2n) is 7.47. The molecule has 0 aliphatic carbocycles. The Bertz CT molecular complexity index is 825. The van der Waals surface area contributed by atoms with Gasteiger partial charge in [0.15, 0.2) is 5.96 Å². The molecule has 0 saturated carbocycles. The summed E-state index contributed by atoms with van der Waals surface area (Å²) >= 11 is 0.